The fourth-order valence-electron chi connectivity index (χ4n) is 1.59. The molecule has 92 valence electrons. The van der Waals surface area contributed by atoms with Gasteiger partial charge in [0.1, 0.15) is 11.3 Å². The van der Waals surface area contributed by atoms with Gasteiger partial charge < -0.3 is 9.84 Å². The number of pyridine rings is 1. The zero-order valence-electron chi connectivity index (χ0n) is 9.75. The summed E-state index contributed by atoms with van der Waals surface area (Å²) in [5, 5.41) is 13.7. The molecule has 0 saturated carbocycles. The number of hydrogen-bond donors (Lipinski definition) is 1. The molecule has 0 unspecified atom stereocenters. The predicted octanol–water partition coefficient (Wildman–Crippen LogP) is 1.07. The lowest BCUT2D eigenvalue weighted by Crippen LogP contribution is -2.06. The summed E-state index contributed by atoms with van der Waals surface area (Å²) in [6.45, 7) is 0.255. The summed E-state index contributed by atoms with van der Waals surface area (Å²) >= 11 is 0. The van der Waals surface area contributed by atoms with E-state index in [1.807, 2.05) is 0 Å². The number of aromatic nitrogens is 3. The third-order valence-electron chi connectivity index (χ3n) is 2.44. The van der Waals surface area contributed by atoms with E-state index in [1.54, 1.807) is 11.7 Å². The van der Waals surface area contributed by atoms with Gasteiger partial charge in [-0.1, -0.05) is 0 Å². The second-order valence-corrected chi connectivity index (χ2v) is 3.61. The fourth-order valence-corrected chi connectivity index (χ4v) is 1.59. The van der Waals surface area contributed by atoms with Gasteiger partial charge in [0, 0.05) is 19.7 Å². The first-order valence-electron chi connectivity index (χ1n) is 5.25. The molecule has 0 amide bonds. The molecule has 0 aliphatic carbocycles. The van der Waals surface area contributed by atoms with E-state index in [-0.39, 0.29) is 17.9 Å². The van der Waals surface area contributed by atoms with Gasteiger partial charge >= 0.3 is 5.97 Å². The van der Waals surface area contributed by atoms with Crippen molar-refractivity contribution < 1.29 is 14.6 Å². The number of nitrogens with zero attached hydrogens (tertiary/aromatic N) is 3. The van der Waals surface area contributed by atoms with Crippen LogP contribution in [0.3, 0.4) is 0 Å². The molecule has 0 bridgehead atoms. The first kappa shape index (κ1) is 11.9. The molecule has 2 aromatic heterocycles. The molecule has 0 spiro atoms. The van der Waals surface area contributed by atoms with E-state index in [4.69, 9.17) is 16.3 Å². The van der Waals surface area contributed by atoms with E-state index in [1.165, 1.54) is 12.4 Å². The highest BCUT2D eigenvalue weighted by molar-refractivity contribution is 5.97. The number of rotatable bonds is 4. The van der Waals surface area contributed by atoms with Crippen molar-refractivity contribution in [1.82, 2.24) is 14.8 Å². The van der Waals surface area contributed by atoms with Crippen molar-refractivity contribution in [2.75, 3.05) is 6.61 Å². The van der Waals surface area contributed by atoms with Crippen molar-refractivity contribution in [3.8, 4) is 18.1 Å². The minimum atomic E-state index is -1.09. The maximum Gasteiger partial charge on any atom is 0.341 e. The Balaban J connectivity index is 2.53. The van der Waals surface area contributed by atoms with E-state index in [0.29, 0.717) is 17.5 Å². The zero-order valence-corrected chi connectivity index (χ0v) is 9.75. The molecule has 2 rings (SSSR count). The van der Waals surface area contributed by atoms with Crippen LogP contribution in [0.25, 0.3) is 11.0 Å². The molecule has 2 heterocycles. The predicted molar refractivity (Wildman–Crippen MR) is 64.4 cm³/mol. The molecule has 18 heavy (non-hydrogen) atoms. The van der Waals surface area contributed by atoms with Crippen LogP contribution >= 0.6 is 0 Å². The Kier molecular flexibility index (Phi) is 3.15. The highest BCUT2D eigenvalue weighted by Gasteiger charge is 2.18. The summed E-state index contributed by atoms with van der Waals surface area (Å²) in [4.78, 5) is 15.2. The summed E-state index contributed by atoms with van der Waals surface area (Å²) in [5.41, 5.74) is 0.572. The summed E-state index contributed by atoms with van der Waals surface area (Å²) in [6, 6.07) is 0. The summed E-state index contributed by atoms with van der Waals surface area (Å²) in [7, 11) is 1.72. The lowest BCUT2D eigenvalue weighted by atomic mass is 10.2. The standard InChI is InChI=1S/C12H11N3O3/c1-3-4-5-18-10-8-7-14-15(2)11(8)13-6-9(10)12(16)17/h1,6-7H,4-5H2,2H3,(H,16,17). The van der Waals surface area contributed by atoms with Gasteiger partial charge in [0.15, 0.2) is 5.65 Å². The van der Waals surface area contributed by atoms with Crippen molar-refractivity contribution in [2.45, 2.75) is 6.42 Å². The number of hydrogen-bond acceptors (Lipinski definition) is 4. The topological polar surface area (TPSA) is 77.2 Å². The molecule has 6 nitrogen and oxygen atoms in total. The van der Waals surface area contributed by atoms with Crippen LogP contribution in [0.5, 0.6) is 5.75 Å². The van der Waals surface area contributed by atoms with E-state index < -0.39 is 5.97 Å². The molecule has 0 aliphatic rings. The van der Waals surface area contributed by atoms with Gasteiger partial charge in [0.2, 0.25) is 0 Å². The van der Waals surface area contributed by atoms with E-state index in [9.17, 15) is 4.79 Å². The van der Waals surface area contributed by atoms with E-state index in [0.717, 1.165) is 0 Å². The van der Waals surface area contributed by atoms with Crippen molar-refractivity contribution in [3.05, 3.63) is 18.0 Å². The molecule has 6 heteroatoms. The van der Waals surface area contributed by atoms with E-state index in [2.05, 4.69) is 16.0 Å². The van der Waals surface area contributed by atoms with Gasteiger partial charge in [-0.2, -0.15) is 5.10 Å². The molecule has 0 fully saturated rings. The summed E-state index contributed by atoms with van der Waals surface area (Å²) < 4.78 is 7.00. The SMILES string of the molecule is C#CCCOc1c(C(=O)O)cnc2c1cnn2C. The van der Waals surface area contributed by atoms with Crippen molar-refractivity contribution >= 4 is 17.0 Å². The monoisotopic (exact) mass is 245 g/mol. The quantitative estimate of drug-likeness (QED) is 0.644. The minimum Gasteiger partial charge on any atom is -0.491 e. The van der Waals surface area contributed by atoms with Crippen LogP contribution in [0, 0.1) is 12.3 Å². The van der Waals surface area contributed by atoms with Gasteiger partial charge in [-0.25, -0.2) is 9.78 Å². The third-order valence-corrected chi connectivity index (χ3v) is 2.44. The van der Waals surface area contributed by atoms with Crippen LogP contribution in [0.2, 0.25) is 0 Å². The van der Waals surface area contributed by atoms with Crippen LogP contribution in [0.15, 0.2) is 12.4 Å². The molecule has 0 aromatic carbocycles. The summed E-state index contributed by atoms with van der Waals surface area (Å²) in [5.74, 6) is 1.60. The maximum absolute atomic E-state index is 11.1. The van der Waals surface area contributed by atoms with Gasteiger partial charge in [-0.15, -0.1) is 12.3 Å². The lowest BCUT2D eigenvalue weighted by Gasteiger charge is -2.08. The number of aryl methyl sites for hydroxylation is 1. The average molecular weight is 245 g/mol. The fraction of sp³-hybridized carbons (Fsp3) is 0.250. The number of aromatic carboxylic acids is 1. The zero-order chi connectivity index (χ0) is 13.1. The first-order valence-corrected chi connectivity index (χ1v) is 5.25. The Bertz CT molecular complexity index is 640. The molecule has 0 aliphatic heterocycles. The third kappa shape index (κ3) is 1.98. The number of carboxylic acids is 1. The molecule has 0 atom stereocenters. The van der Waals surface area contributed by atoms with Crippen LogP contribution < -0.4 is 4.74 Å². The number of ether oxygens (including phenoxy) is 1. The van der Waals surface area contributed by atoms with Crippen LogP contribution in [-0.4, -0.2) is 32.4 Å². The van der Waals surface area contributed by atoms with Gasteiger partial charge in [-0.05, 0) is 0 Å². The van der Waals surface area contributed by atoms with Crippen molar-refractivity contribution in [3.63, 3.8) is 0 Å². The summed E-state index contributed by atoms with van der Waals surface area (Å²) in [6.07, 6.45) is 8.33. The van der Waals surface area contributed by atoms with E-state index >= 15 is 0 Å². The highest BCUT2D eigenvalue weighted by Crippen LogP contribution is 2.28. The number of carbonyl (C=O) groups is 1. The van der Waals surface area contributed by atoms with Crippen LogP contribution in [0.4, 0.5) is 0 Å². The highest BCUT2D eigenvalue weighted by atomic mass is 16.5. The largest absolute Gasteiger partial charge is 0.491 e. The molecular formula is C12H11N3O3. The van der Waals surface area contributed by atoms with Crippen molar-refractivity contribution in [1.29, 1.82) is 0 Å². The first-order chi connectivity index (χ1) is 8.65. The van der Waals surface area contributed by atoms with Gasteiger partial charge in [-0.3, -0.25) is 4.68 Å². The number of terminal acetylenes is 1. The van der Waals surface area contributed by atoms with Gasteiger partial charge in [0.25, 0.3) is 0 Å². The number of fused-ring (bicyclic) bond motifs is 1. The smallest absolute Gasteiger partial charge is 0.341 e. The second kappa shape index (κ2) is 4.75. The normalized spacial score (nSPS) is 10.2. The molecular weight excluding hydrogens is 234 g/mol. The Morgan fingerprint density at radius 2 is 2.39 bits per heavy atom. The number of carboxylic acid groups (broad SMARTS) is 1. The molecule has 1 N–H and O–H groups in total. The Morgan fingerprint density at radius 3 is 3.06 bits per heavy atom. The average Bonchev–Trinajstić information content (AvgIpc) is 2.72. The minimum absolute atomic E-state index is 0.00696. The van der Waals surface area contributed by atoms with Crippen LogP contribution in [0.1, 0.15) is 16.8 Å². The Labute approximate surface area is 103 Å². The second-order valence-electron chi connectivity index (χ2n) is 3.61. The Hall–Kier alpha value is -2.55. The Morgan fingerprint density at radius 1 is 1.61 bits per heavy atom. The molecule has 2 aromatic rings. The lowest BCUT2D eigenvalue weighted by molar-refractivity contribution is 0.0692. The van der Waals surface area contributed by atoms with Gasteiger partial charge in [0.05, 0.1) is 18.2 Å². The molecule has 0 radical (unpaired) electrons. The maximum atomic E-state index is 11.1. The van der Waals surface area contributed by atoms with Crippen molar-refractivity contribution in [2.24, 2.45) is 7.05 Å². The molecule has 0 saturated heterocycles. The van der Waals surface area contributed by atoms with Crippen LogP contribution in [-0.2, 0) is 7.05 Å².